The second-order valence-electron chi connectivity index (χ2n) is 6.11. The standard InChI is InChI=1S/C16H21FN2O3S/c17-13-6-8-14(9-7-13)23(21,22)19-12-2-1-5-15(19)16(20)18-10-3-4-11-18/h6-9,15H,1-5,10-12H2/t15-/m0/s1. The molecule has 1 amide bonds. The Morgan fingerprint density at radius 2 is 1.61 bits per heavy atom. The predicted molar refractivity (Wildman–Crippen MR) is 83.7 cm³/mol. The fourth-order valence-corrected chi connectivity index (χ4v) is 4.98. The first kappa shape index (κ1) is 16.4. The number of carbonyl (C=O) groups is 1. The average Bonchev–Trinajstić information content (AvgIpc) is 3.09. The minimum Gasteiger partial charge on any atom is -0.341 e. The highest BCUT2D eigenvalue weighted by molar-refractivity contribution is 7.89. The summed E-state index contributed by atoms with van der Waals surface area (Å²) in [7, 11) is -3.78. The van der Waals surface area contributed by atoms with Crippen LogP contribution in [0.2, 0.25) is 0 Å². The van der Waals surface area contributed by atoms with Crippen LogP contribution in [-0.4, -0.2) is 49.2 Å². The fourth-order valence-electron chi connectivity index (χ4n) is 3.33. The predicted octanol–water partition coefficient (Wildman–Crippen LogP) is 1.99. The molecule has 0 spiro atoms. The minimum absolute atomic E-state index is 0.0417. The summed E-state index contributed by atoms with van der Waals surface area (Å²) >= 11 is 0. The lowest BCUT2D eigenvalue weighted by Crippen LogP contribution is -2.52. The van der Waals surface area contributed by atoms with E-state index in [-0.39, 0.29) is 10.8 Å². The van der Waals surface area contributed by atoms with Crippen LogP contribution in [0.5, 0.6) is 0 Å². The molecule has 0 N–H and O–H groups in total. The van der Waals surface area contributed by atoms with Crippen molar-refractivity contribution in [2.75, 3.05) is 19.6 Å². The highest BCUT2D eigenvalue weighted by Crippen LogP contribution is 2.27. The lowest BCUT2D eigenvalue weighted by atomic mass is 10.0. The Kier molecular flexibility index (Phi) is 4.68. The smallest absolute Gasteiger partial charge is 0.243 e. The monoisotopic (exact) mass is 340 g/mol. The maximum atomic E-state index is 13.1. The van der Waals surface area contributed by atoms with Gasteiger partial charge in [-0.2, -0.15) is 4.31 Å². The first-order valence-corrected chi connectivity index (χ1v) is 9.50. The van der Waals surface area contributed by atoms with Crippen LogP contribution in [0.15, 0.2) is 29.2 Å². The molecule has 0 aliphatic carbocycles. The van der Waals surface area contributed by atoms with Crippen molar-refractivity contribution in [1.29, 1.82) is 0 Å². The Hall–Kier alpha value is -1.47. The van der Waals surface area contributed by atoms with E-state index in [1.807, 2.05) is 0 Å². The van der Waals surface area contributed by atoms with Crippen LogP contribution in [0, 0.1) is 5.82 Å². The van der Waals surface area contributed by atoms with Gasteiger partial charge in [0, 0.05) is 19.6 Å². The molecule has 23 heavy (non-hydrogen) atoms. The number of nitrogens with zero attached hydrogens (tertiary/aromatic N) is 2. The Morgan fingerprint density at radius 3 is 2.26 bits per heavy atom. The number of amides is 1. The van der Waals surface area contributed by atoms with Gasteiger partial charge in [0.25, 0.3) is 0 Å². The van der Waals surface area contributed by atoms with E-state index in [2.05, 4.69) is 0 Å². The minimum atomic E-state index is -3.78. The van der Waals surface area contributed by atoms with E-state index < -0.39 is 21.9 Å². The molecule has 2 aliphatic rings. The van der Waals surface area contributed by atoms with E-state index in [1.165, 1.54) is 16.4 Å². The van der Waals surface area contributed by atoms with Gasteiger partial charge in [-0.25, -0.2) is 12.8 Å². The number of piperidine rings is 1. The van der Waals surface area contributed by atoms with Crippen molar-refractivity contribution in [2.24, 2.45) is 0 Å². The lowest BCUT2D eigenvalue weighted by Gasteiger charge is -2.35. The van der Waals surface area contributed by atoms with E-state index in [9.17, 15) is 17.6 Å². The number of carbonyl (C=O) groups excluding carboxylic acids is 1. The molecule has 0 saturated carbocycles. The number of rotatable bonds is 3. The number of hydrogen-bond donors (Lipinski definition) is 0. The topological polar surface area (TPSA) is 57.7 Å². The SMILES string of the molecule is O=C([C@@H]1CCCCN1S(=O)(=O)c1ccc(F)cc1)N1CCCC1. The van der Waals surface area contributed by atoms with Crippen molar-refractivity contribution < 1.29 is 17.6 Å². The molecule has 1 atom stereocenters. The third-order valence-corrected chi connectivity index (χ3v) is 6.50. The van der Waals surface area contributed by atoms with Gasteiger partial charge >= 0.3 is 0 Å². The van der Waals surface area contributed by atoms with Crippen molar-refractivity contribution in [3.8, 4) is 0 Å². The van der Waals surface area contributed by atoms with Gasteiger partial charge < -0.3 is 4.90 Å². The van der Waals surface area contributed by atoms with E-state index >= 15 is 0 Å². The third kappa shape index (κ3) is 3.26. The van der Waals surface area contributed by atoms with Crippen LogP contribution in [-0.2, 0) is 14.8 Å². The van der Waals surface area contributed by atoms with Gasteiger partial charge in [-0.1, -0.05) is 6.42 Å². The number of sulfonamides is 1. The second-order valence-corrected chi connectivity index (χ2v) is 8.00. The maximum absolute atomic E-state index is 13.1. The molecule has 2 saturated heterocycles. The Labute approximate surface area is 136 Å². The van der Waals surface area contributed by atoms with Crippen LogP contribution in [0.1, 0.15) is 32.1 Å². The first-order chi connectivity index (χ1) is 11.0. The highest BCUT2D eigenvalue weighted by Gasteiger charge is 2.39. The zero-order valence-corrected chi connectivity index (χ0v) is 13.8. The number of hydrogen-bond acceptors (Lipinski definition) is 3. The molecular formula is C16H21FN2O3S. The third-order valence-electron chi connectivity index (χ3n) is 4.58. The van der Waals surface area contributed by atoms with Crippen molar-refractivity contribution in [2.45, 2.75) is 43.0 Å². The molecule has 0 bridgehead atoms. The summed E-state index contributed by atoms with van der Waals surface area (Å²) in [5, 5.41) is 0. The van der Waals surface area contributed by atoms with Crippen LogP contribution < -0.4 is 0 Å². The molecule has 0 radical (unpaired) electrons. The highest BCUT2D eigenvalue weighted by atomic mass is 32.2. The lowest BCUT2D eigenvalue weighted by molar-refractivity contribution is -0.135. The molecule has 7 heteroatoms. The van der Waals surface area contributed by atoms with Crippen LogP contribution in [0.25, 0.3) is 0 Å². The van der Waals surface area contributed by atoms with Crippen molar-refractivity contribution in [3.05, 3.63) is 30.1 Å². The Balaban J connectivity index is 1.88. The molecule has 2 fully saturated rings. The number of likely N-dealkylation sites (tertiary alicyclic amines) is 1. The van der Waals surface area contributed by atoms with Crippen LogP contribution in [0.3, 0.4) is 0 Å². The van der Waals surface area contributed by atoms with Gasteiger partial charge in [-0.05, 0) is 49.9 Å². The Bertz CT molecular complexity index is 669. The van der Waals surface area contributed by atoms with Gasteiger partial charge in [-0.15, -0.1) is 0 Å². The van der Waals surface area contributed by atoms with E-state index in [4.69, 9.17) is 0 Å². The molecule has 2 aliphatic heterocycles. The van der Waals surface area contributed by atoms with Gasteiger partial charge in [0.05, 0.1) is 4.90 Å². The summed E-state index contributed by atoms with van der Waals surface area (Å²) in [5.74, 6) is -0.569. The summed E-state index contributed by atoms with van der Waals surface area (Å²) in [5.41, 5.74) is 0. The number of halogens is 1. The fraction of sp³-hybridized carbons (Fsp3) is 0.562. The summed E-state index contributed by atoms with van der Waals surface area (Å²) in [6, 6.07) is 4.16. The normalized spacial score (nSPS) is 23.2. The van der Waals surface area contributed by atoms with Gasteiger partial charge in [-0.3, -0.25) is 4.79 Å². The summed E-state index contributed by atoms with van der Waals surface area (Å²) in [6.45, 7) is 1.75. The molecule has 1 aromatic carbocycles. The van der Waals surface area contributed by atoms with Crippen LogP contribution in [0.4, 0.5) is 4.39 Å². The second kappa shape index (κ2) is 6.57. The van der Waals surface area contributed by atoms with E-state index in [0.29, 0.717) is 26.1 Å². The van der Waals surface area contributed by atoms with Gasteiger partial charge in [0.1, 0.15) is 11.9 Å². The first-order valence-electron chi connectivity index (χ1n) is 8.06. The van der Waals surface area contributed by atoms with Crippen LogP contribution >= 0.6 is 0 Å². The van der Waals surface area contributed by atoms with Gasteiger partial charge in [0.2, 0.25) is 15.9 Å². The zero-order chi connectivity index (χ0) is 16.4. The average molecular weight is 340 g/mol. The molecule has 1 aromatic rings. The maximum Gasteiger partial charge on any atom is 0.243 e. The molecule has 0 aromatic heterocycles. The summed E-state index contributed by atoms with van der Waals surface area (Å²) in [4.78, 5) is 14.5. The quantitative estimate of drug-likeness (QED) is 0.845. The summed E-state index contributed by atoms with van der Waals surface area (Å²) in [6.07, 6.45) is 4.09. The van der Waals surface area contributed by atoms with Crippen molar-refractivity contribution in [1.82, 2.24) is 9.21 Å². The molecule has 5 nitrogen and oxygen atoms in total. The molecule has 2 heterocycles. The van der Waals surface area contributed by atoms with Crippen molar-refractivity contribution >= 4 is 15.9 Å². The summed E-state index contributed by atoms with van der Waals surface area (Å²) < 4.78 is 40.1. The van der Waals surface area contributed by atoms with E-state index in [1.54, 1.807) is 4.90 Å². The number of benzene rings is 1. The molecule has 126 valence electrons. The van der Waals surface area contributed by atoms with Gasteiger partial charge in [0.15, 0.2) is 0 Å². The largest absolute Gasteiger partial charge is 0.341 e. The molecule has 0 unspecified atom stereocenters. The Morgan fingerprint density at radius 1 is 1.00 bits per heavy atom. The molecular weight excluding hydrogens is 319 g/mol. The zero-order valence-electron chi connectivity index (χ0n) is 12.9. The van der Waals surface area contributed by atoms with Crippen molar-refractivity contribution in [3.63, 3.8) is 0 Å². The molecule has 3 rings (SSSR count). The van der Waals surface area contributed by atoms with E-state index in [0.717, 1.165) is 37.8 Å².